The number of aliphatic imine (C=N–C) groups is 1. The van der Waals surface area contributed by atoms with Gasteiger partial charge in [0, 0.05) is 38.1 Å². The number of nitrogens with zero attached hydrogens (tertiary/aromatic N) is 2. The van der Waals surface area contributed by atoms with Crippen molar-refractivity contribution in [2.45, 2.75) is 30.9 Å². The zero-order valence-electron chi connectivity index (χ0n) is 17.5. The van der Waals surface area contributed by atoms with E-state index in [1.165, 1.54) is 21.7 Å². The molecule has 0 saturated heterocycles. The van der Waals surface area contributed by atoms with Crippen LogP contribution in [0.4, 0.5) is 4.39 Å². The molecule has 1 aromatic heterocycles. The van der Waals surface area contributed by atoms with E-state index in [9.17, 15) is 12.8 Å². The molecule has 0 bridgehead atoms. The van der Waals surface area contributed by atoms with E-state index in [1.54, 1.807) is 25.2 Å². The first-order valence-corrected chi connectivity index (χ1v) is 11.9. The molecule has 6 nitrogen and oxygen atoms in total. The zero-order chi connectivity index (χ0) is 21.3. The summed E-state index contributed by atoms with van der Waals surface area (Å²) in [5.74, 6) is 0.430. The van der Waals surface area contributed by atoms with E-state index in [4.69, 9.17) is 0 Å². The number of thiophene rings is 1. The van der Waals surface area contributed by atoms with E-state index in [2.05, 4.69) is 15.6 Å². The molecule has 0 aliphatic carbocycles. The Morgan fingerprint density at radius 3 is 2.30 bits per heavy atom. The van der Waals surface area contributed by atoms with Crippen LogP contribution in [-0.2, 0) is 22.9 Å². The topological polar surface area (TPSA) is 73.8 Å². The molecular formula is C20H30FIN4O2S2. The van der Waals surface area contributed by atoms with Crippen LogP contribution in [0.15, 0.2) is 45.6 Å². The Bertz CT molecular complexity index is 915. The van der Waals surface area contributed by atoms with Crippen molar-refractivity contribution in [2.75, 3.05) is 33.2 Å². The van der Waals surface area contributed by atoms with Gasteiger partial charge in [-0.3, -0.25) is 4.99 Å². The molecule has 0 atom stereocenters. The van der Waals surface area contributed by atoms with Crippen LogP contribution in [-0.4, -0.2) is 51.9 Å². The molecule has 2 aromatic rings. The SMILES string of the molecule is CCN(CC)S(=O)(=O)c1ccc(CCNC(=NC)NCCc2ccccc2F)s1.I. The molecule has 0 radical (unpaired) electrons. The van der Waals surface area contributed by atoms with Crippen molar-refractivity contribution in [3.8, 4) is 0 Å². The lowest BCUT2D eigenvalue weighted by Gasteiger charge is -2.16. The Labute approximate surface area is 200 Å². The molecular weight excluding hydrogens is 538 g/mol. The maximum absolute atomic E-state index is 13.6. The predicted octanol–water partition coefficient (Wildman–Crippen LogP) is 3.49. The molecule has 0 saturated carbocycles. The first-order chi connectivity index (χ1) is 13.9. The highest BCUT2D eigenvalue weighted by atomic mass is 127. The molecule has 0 fully saturated rings. The summed E-state index contributed by atoms with van der Waals surface area (Å²) >= 11 is 1.30. The Morgan fingerprint density at radius 2 is 1.70 bits per heavy atom. The molecule has 0 spiro atoms. The van der Waals surface area contributed by atoms with Gasteiger partial charge in [0.15, 0.2) is 5.96 Å². The highest BCUT2D eigenvalue weighted by Gasteiger charge is 2.23. The molecule has 168 valence electrons. The standard InChI is InChI=1S/C20H29FN4O2S2.HI/c1-4-25(5-2)29(26,27)19-11-10-17(28-19)13-15-24-20(22-3)23-14-12-16-8-6-7-9-18(16)21;/h6-11H,4-5,12-15H2,1-3H3,(H2,22,23,24);1H. The maximum atomic E-state index is 13.6. The number of hydrogen-bond donors (Lipinski definition) is 2. The van der Waals surface area contributed by atoms with E-state index in [0.29, 0.717) is 54.8 Å². The van der Waals surface area contributed by atoms with Crippen LogP contribution < -0.4 is 10.6 Å². The van der Waals surface area contributed by atoms with Gasteiger partial charge in [-0.25, -0.2) is 12.8 Å². The number of benzene rings is 1. The van der Waals surface area contributed by atoms with Gasteiger partial charge in [0.05, 0.1) is 0 Å². The number of nitrogens with one attached hydrogen (secondary N) is 2. The van der Waals surface area contributed by atoms with Crippen LogP contribution >= 0.6 is 35.3 Å². The summed E-state index contributed by atoms with van der Waals surface area (Å²) in [4.78, 5) is 5.15. The average molecular weight is 569 g/mol. The van der Waals surface area contributed by atoms with Crippen molar-refractivity contribution in [3.63, 3.8) is 0 Å². The Kier molecular flexibility index (Phi) is 11.8. The summed E-state index contributed by atoms with van der Waals surface area (Å²) in [7, 11) is -1.72. The molecule has 10 heteroatoms. The fourth-order valence-corrected chi connectivity index (χ4v) is 5.83. The first-order valence-electron chi connectivity index (χ1n) is 9.69. The van der Waals surface area contributed by atoms with Gasteiger partial charge in [-0.15, -0.1) is 35.3 Å². The first kappa shape index (κ1) is 26.8. The van der Waals surface area contributed by atoms with Crippen molar-refractivity contribution in [1.29, 1.82) is 0 Å². The number of halogens is 2. The van der Waals surface area contributed by atoms with E-state index in [1.807, 2.05) is 26.0 Å². The summed E-state index contributed by atoms with van der Waals surface area (Å²) < 4.78 is 40.6. The lowest BCUT2D eigenvalue weighted by atomic mass is 10.1. The second-order valence-corrected chi connectivity index (χ2v) is 9.66. The van der Waals surface area contributed by atoms with Crippen LogP contribution in [0.2, 0.25) is 0 Å². The van der Waals surface area contributed by atoms with Crippen molar-refractivity contribution in [3.05, 3.63) is 52.7 Å². The third kappa shape index (κ3) is 7.47. The second-order valence-electron chi connectivity index (χ2n) is 6.33. The molecule has 2 N–H and O–H groups in total. The van der Waals surface area contributed by atoms with Crippen molar-refractivity contribution >= 4 is 51.3 Å². The number of hydrogen-bond acceptors (Lipinski definition) is 4. The molecule has 2 rings (SSSR count). The molecule has 1 aromatic carbocycles. The van der Waals surface area contributed by atoms with Gasteiger partial charge in [-0.05, 0) is 36.6 Å². The molecule has 0 aliphatic rings. The highest BCUT2D eigenvalue weighted by Crippen LogP contribution is 2.25. The largest absolute Gasteiger partial charge is 0.356 e. The Hall–Kier alpha value is -1.24. The van der Waals surface area contributed by atoms with Crippen LogP contribution in [0.3, 0.4) is 0 Å². The average Bonchev–Trinajstić information content (AvgIpc) is 3.19. The fraction of sp³-hybridized carbons (Fsp3) is 0.450. The predicted molar refractivity (Wildman–Crippen MR) is 133 cm³/mol. The van der Waals surface area contributed by atoms with Crippen LogP contribution in [0, 0.1) is 5.82 Å². The summed E-state index contributed by atoms with van der Waals surface area (Å²) in [5.41, 5.74) is 0.663. The minimum atomic E-state index is -3.40. The van der Waals surface area contributed by atoms with E-state index in [-0.39, 0.29) is 29.8 Å². The van der Waals surface area contributed by atoms with Gasteiger partial charge in [-0.1, -0.05) is 32.0 Å². The molecule has 0 aliphatic heterocycles. The molecule has 30 heavy (non-hydrogen) atoms. The highest BCUT2D eigenvalue weighted by molar-refractivity contribution is 14.0. The minimum Gasteiger partial charge on any atom is -0.356 e. The fourth-order valence-electron chi connectivity index (χ4n) is 2.86. The lowest BCUT2D eigenvalue weighted by molar-refractivity contribution is 0.447. The Morgan fingerprint density at radius 1 is 1.07 bits per heavy atom. The monoisotopic (exact) mass is 568 g/mol. The molecule has 1 heterocycles. The van der Waals surface area contributed by atoms with Gasteiger partial charge in [0.2, 0.25) is 0 Å². The summed E-state index contributed by atoms with van der Waals surface area (Å²) in [5, 5.41) is 6.37. The third-order valence-corrected chi connectivity index (χ3v) is 8.13. The number of guanidine groups is 1. The van der Waals surface area contributed by atoms with E-state index >= 15 is 0 Å². The molecule has 0 unspecified atom stereocenters. The quantitative estimate of drug-likeness (QED) is 0.262. The van der Waals surface area contributed by atoms with Crippen molar-refractivity contribution < 1.29 is 12.8 Å². The van der Waals surface area contributed by atoms with E-state index in [0.717, 1.165) is 4.88 Å². The smallest absolute Gasteiger partial charge is 0.252 e. The molecule has 0 amide bonds. The second kappa shape index (κ2) is 13.2. The third-order valence-electron chi connectivity index (χ3n) is 4.47. The van der Waals surface area contributed by atoms with Gasteiger partial charge >= 0.3 is 0 Å². The van der Waals surface area contributed by atoms with Crippen molar-refractivity contribution in [2.24, 2.45) is 4.99 Å². The van der Waals surface area contributed by atoms with E-state index < -0.39 is 10.0 Å². The van der Waals surface area contributed by atoms with Crippen molar-refractivity contribution in [1.82, 2.24) is 14.9 Å². The number of sulfonamides is 1. The van der Waals surface area contributed by atoms with Gasteiger partial charge < -0.3 is 10.6 Å². The number of rotatable bonds is 10. The zero-order valence-corrected chi connectivity index (χ0v) is 21.5. The van der Waals surface area contributed by atoms with Gasteiger partial charge in [0.25, 0.3) is 10.0 Å². The normalized spacial score (nSPS) is 12.0. The van der Waals surface area contributed by atoms with Crippen LogP contribution in [0.25, 0.3) is 0 Å². The van der Waals surface area contributed by atoms with Crippen LogP contribution in [0.5, 0.6) is 0 Å². The summed E-state index contributed by atoms with van der Waals surface area (Å²) in [6.45, 7) is 5.77. The summed E-state index contributed by atoms with van der Waals surface area (Å²) in [6.07, 6.45) is 1.25. The maximum Gasteiger partial charge on any atom is 0.252 e. The lowest BCUT2D eigenvalue weighted by Crippen LogP contribution is -2.39. The van der Waals surface area contributed by atoms with Crippen LogP contribution in [0.1, 0.15) is 24.3 Å². The minimum absolute atomic E-state index is 0. The Balaban J connectivity index is 0.00000450. The summed E-state index contributed by atoms with van der Waals surface area (Å²) in [6, 6.07) is 10.3. The van der Waals surface area contributed by atoms with Gasteiger partial charge in [0.1, 0.15) is 10.0 Å². The van der Waals surface area contributed by atoms with Gasteiger partial charge in [-0.2, -0.15) is 4.31 Å².